The van der Waals surface area contributed by atoms with Crippen LogP contribution in [0.1, 0.15) is 68.7 Å². The summed E-state index contributed by atoms with van der Waals surface area (Å²) in [5, 5.41) is 211. The summed E-state index contributed by atoms with van der Waals surface area (Å²) in [6, 6.07) is 6.93. The number of piperidine rings is 2. The Kier molecular flexibility index (Phi) is 13.8. The van der Waals surface area contributed by atoms with Crippen molar-refractivity contribution in [3.8, 4) is 74.7 Å². The van der Waals surface area contributed by atoms with Crippen LogP contribution in [-0.4, -0.2) is 189 Å². The maximum atomic E-state index is 14.0. The van der Waals surface area contributed by atoms with Gasteiger partial charge in [-0.2, -0.15) is 4.90 Å². The van der Waals surface area contributed by atoms with E-state index in [1.807, 2.05) is 0 Å². The lowest BCUT2D eigenvalue weighted by Crippen LogP contribution is -2.93. The van der Waals surface area contributed by atoms with Crippen LogP contribution < -0.4 is 23.7 Å². The summed E-state index contributed by atoms with van der Waals surface area (Å²) in [6.45, 7) is -2.62. The molecule has 2 saturated heterocycles. The van der Waals surface area contributed by atoms with Crippen molar-refractivity contribution in [1.82, 2.24) is 9.80 Å². The van der Waals surface area contributed by atoms with Crippen molar-refractivity contribution in [3.05, 3.63) is 63.7 Å². The van der Waals surface area contributed by atoms with E-state index in [9.17, 15) is 107 Å². The average Bonchev–Trinajstić information content (AvgIpc) is 3.94. The van der Waals surface area contributed by atoms with E-state index in [-0.39, 0.29) is 83.5 Å². The summed E-state index contributed by atoms with van der Waals surface area (Å²) in [7, 11) is 3.41. The number of benzene rings is 4. The fourth-order valence-corrected chi connectivity index (χ4v) is 10.9. The number of carbonyl (C=O) groups excluding carboxylic acids is 2. The third-order valence-electron chi connectivity index (χ3n) is 15.0. The highest BCUT2D eigenvalue weighted by atomic mass is 16.7. The zero-order chi connectivity index (χ0) is 56.2. The van der Waals surface area contributed by atoms with Crippen molar-refractivity contribution in [2.45, 2.75) is 80.0 Å². The summed E-state index contributed by atoms with van der Waals surface area (Å²) in [5.74, 6) is -37.7. The highest BCUT2D eigenvalue weighted by molar-refractivity contribution is 6.07. The number of carbonyl (C=O) groups is 2. The first-order chi connectivity index (χ1) is 35.4. The number of rotatable bonds is 15. The van der Waals surface area contributed by atoms with E-state index in [1.165, 1.54) is 44.6 Å². The highest BCUT2D eigenvalue weighted by Gasteiger charge is 2.84. The van der Waals surface area contributed by atoms with Gasteiger partial charge in [0.2, 0.25) is 47.0 Å². The lowest BCUT2D eigenvalue weighted by atomic mass is 9.69. The minimum absolute atomic E-state index is 0.0218. The third kappa shape index (κ3) is 7.94. The molecule has 28 heteroatoms. The molecule has 414 valence electrons. The molecule has 0 amide bonds. The van der Waals surface area contributed by atoms with Gasteiger partial charge in [-0.15, -0.1) is 0 Å². The van der Waals surface area contributed by atoms with E-state index in [0.29, 0.717) is 0 Å². The summed E-state index contributed by atoms with van der Waals surface area (Å²) < 4.78 is 26.1. The Morgan fingerprint density at radius 2 is 1.00 bits per heavy atom. The minimum Gasteiger partial charge on any atom is -0.504 e. The maximum Gasteiger partial charge on any atom is 0.289 e. The van der Waals surface area contributed by atoms with Crippen LogP contribution in [0.5, 0.6) is 74.7 Å². The predicted octanol–water partition coefficient (Wildman–Crippen LogP) is -2.34. The second-order valence-electron chi connectivity index (χ2n) is 19.1. The fourth-order valence-electron chi connectivity index (χ4n) is 10.9. The lowest BCUT2D eigenvalue weighted by molar-refractivity contribution is -0.597. The fraction of sp³-hybridized carbons (Fsp3) is 0.458. The summed E-state index contributed by atoms with van der Waals surface area (Å²) in [5.41, 5.74) is -6.75. The van der Waals surface area contributed by atoms with E-state index in [0.717, 1.165) is 12.0 Å². The van der Waals surface area contributed by atoms with Crippen molar-refractivity contribution < 1.29 is 130 Å². The molecule has 0 radical (unpaired) electrons. The van der Waals surface area contributed by atoms with E-state index < -0.39 is 159 Å². The molecule has 0 aromatic heterocycles. The smallest absolute Gasteiger partial charge is 0.289 e. The first-order valence-corrected chi connectivity index (χ1v) is 23.1. The molecule has 4 aromatic carbocycles. The Balaban J connectivity index is 0.965. The van der Waals surface area contributed by atoms with Gasteiger partial charge in [-0.3, -0.25) is 9.59 Å². The Bertz CT molecular complexity index is 2910. The normalized spacial score (nSPS) is 21.8. The van der Waals surface area contributed by atoms with Crippen molar-refractivity contribution >= 4 is 11.6 Å². The van der Waals surface area contributed by atoms with Crippen molar-refractivity contribution in [2.24, 2.45) is 17.8 Å². The first-order valence-electron chi connectivity index (χ1n) is 23.1. The number of hydrogen-bond donors (Lipinski definition) is 19. The standard InChI is InChI=1S/C48H56N2O26/c1-72-39-30(53)23-14-21(28(51)25(23)32(55)41(39)74-3)13-19-9-11-49(12-10-19)44(62,63)27-34(57)36(59)38(37(60)35(27)58)75-18-76-42-33(56)26-24(31(54)40(42)73-2)15-22(29(26)52)16-43(61)45(64,65)47(68,69)50(48(70,71)46(43,66)67)17-20-7-5-4-6-8-20/h4-8,19,21-22,53-71H,9-18H2,1-3H3. The van der Waals surface area contributed by atoms with Crippen LogP contribution in [0.3, 0.4) is 0 Å². The van der Waals surface area contributed by atoms with E-state index in [1.54, 1.807) is 0 Å². The van der Waals surface area contributed by atoms with Crippen LogP contribution in [0, 0.1) is 17.8 Å². The second-order valence-corrected chi connectivity index (χ2v) is 19.1. The molecule has 2 aliphatic heterocycles. The molecule has 8 rings (SSSR count). The molecule has 2 fully saturated rings. The van der Waals surface area contributed by atoms with Gasteiger partial charge in [-0.25, -0.2) is 4.90 Å². The van der Waals surface area contributed by atoms with Crippen molar-refractivity contribution in [1.29, 1.82) is 0 Å². The third-order valence-corrected chi connectivity index (χ3v) is 15.0. The Morgan fingerprint density at radius 1 is 0.566 bits per heavy atom. The van der Waals surface area contributed by atoms with Crippen LogP contribution in [0.4, 0.5) is 0 Å². The molecular formula is C48H56N2O26. The largest absolute Gasteiger partial charge is 0.504 e. The average molecular weight is 1080 g/mol. The molecule has 2 atom stereocenters. The number of nitrogens with zero attached hydrogens (tertiary/aromatic N) is 2. The van der Waals surface area contributed by atoms with E-state index in [4.69, 9.17) is 23.7 Å². The lowest BCUT2D eigenvalue weighted by Gasteiger charge is -2.63. The molecule has 2 heterocycles. The number of fused-ring (bicyclic) bond motifs is 2. The second kappa shape index (κ2) is 19.0. The van der Waals surface area contributed by atoms with Crippen molar-refractivity contribution in [3.63, 3.8) is 0 Å². The molecule has 0 saturated carbocycles. The zero-order valence-electron chi connectivity index (χ0n) is 40.4. The van der Waals surface area contributed by atoms with Crippen molar-refractivity contribution in [2.75, 3.05) is 41.2 Å². The van der Waals surface area contributed by atoms with Gasteiger partial charge in [-0.05, 0) is 50.0 Å². The number of phenolic OH excluding ortho intramolecular Hbond substituents is 8. The SMILES string of the molecule is COc1c(O)c2c(c(O)c1OC)C(=O)C(CC1CCN(C(O)(O)c3c(O)c(O)c(OCOc4c(O)c5c(c(O)c4OC)CC(CC4(O)C(O)(O)C(O)(O)N(Cc6ccccc6)C(O)(O)C4(O)O)C5=O)c(O)c3O)CC1)C2. The molecular weight excluding hydrogens is 1020 g/mol. The molecule has 4 aromatic rings. The van der Waals surface area contributed by atoms with Gasteiger partial charge in [0.1, 0.15) is 5.56 Å². The van der Waals surface area contributed by atoms with Crippen LogP contribution in [0.25, 0.3) is 0 Å². The van der Waals surface area contributed by atoms with Gasteiger partial charge in [-0.1, -0.05) is 30.3 Å². The number of Topliss-reactive ketones (excluding diaryl/α,β-unsaturated/α-hetero) is 2. The first kappa shape index (κ1) is 55.3. The monoisotopic (exact) mass is 1080 g/mol. The van der Waals surface area contributed by atoms with Gasteiger partial charge in [0.25, 0.3) is 29.3 Å². The number of aromatic hydroxyl groups is 8. The number of ether oxygens (including phenoxy) is 5. The van der Waals surface area contributed by atoms with Gasteiger partial charge in [0.05, 0.1) is 32.5 Å². The van der Waals surface area contributed by atoms with Crippen LogP contribution in [0.15, 0.2) is 30.3 Å². The van der Waals surface area contributed by atoms with Crippen LogP contribution >= 0.6 is 0 Å². The topological polar surface area (TPSA) is 471 Å². The summed E-state index contributed by atoms with van der Waals surface area (Å²) in [6.07, 6.45) is -1.82. The quantitative estimate of drug-likeness (QED) is 0.0337. The number of likely N-dealkylation sites (tertiary alicyclic amines) is 2. The summed E-state index contributed by atoms with van der Waals surface area (Å²) in [4.78, 5) is 28.0. The number of hydrogen-bond acceptors (Lipinski definition) is 28. The molecule has 2 unspecified atom stereocenters. The zero-order valence-corrected chi connectivity index (χ0v) is 40.4. The van der Waals surface area contributed by atoms with Gasteiger partial charge < -0.3 is 121 Å². The predicted molar refractivity (Wildman–Crippen MR) is 247 cm³/mol. The molecule has 2 aliphatic carbocycles. The van der Waals surface area contributed by atoms with Crippen LogP contribution in [-0.2, 0) is 25.3 Å². The van der Waals surface area contributed by atoms with E-state index in [2.05, 4.69) is 0 Å². The van der Waals surface area contributed by atoms with E-state index >= 15 is 0 Å². The highest BCUT2D eigenvalue weighted by Crippen LogP contribution is 2.59. The molecule has 19 N–H and O–H groups in total. The molecule has 28 nitrogen and oxygen atoms in total. The molecule has 0 spiro atoms. The molecule has 0 bridgehead atoms. The summed E-state index contributed by atoms with van der Waals surface area (Å²) >= 11 is 0. The van der Waals surface area contributed by atoms with Gasteiger partial charge >= 0.3 is 0 Å². The maximum absolute atomic E-state index is 14.0. The Labute approximate surface area is 428 Å². The van der Waals surface area contributed by atoms with Gasteiger partial charge in [0, 0.05) is 42.6 Å². The molecule has 4 aliphatic rings. The number of phenols is 8. The van der Waals surface area contributed by atoms with Crippen LogP contribution in [0.2, 0.25) is 0 Å². The van der Waals surface area contributed by atoms with Gasteiger partial charge in [0.15, 0.2) is 51.7 Å². The number of ketones is 2. The molecule has 76 heavy (non-hydrogen) atoms. The Hall–Kier alpha value is -6.90. The Morgan fingerprint density at radius 3 is 1.50 bits per heavy atom. The minimum atomic E-state index is -4.57. The number of methoxy groups -OCH3 is 3. The number of aliphatic hydroxyl groups is 11.